The summed E-state index contributed by atoms with van der Waals surface area (Å²) >= 11 is 5.27. The molecule has 1 saturated heterocycles. The summed E-state index contributed by atoms with van der Waals surface area (Å²) in [6, 6.07) is 32.8. The highest BCUT2D eigenvalue weighted by molar-refractivity contribution is 9.10. The molecule has 0 unspecified atom stereocenters. The summed E-state index contributed by atoms with van der Waals surface area (Å²) in [4.78, 5) is 1.09. The van der Waals surface area contributed by atoms with Gasteiger partial charge in [-0.25, -0.2) is 0 Å². The molecule has 4 aromatic carbocycles. The normalized spacial score (nSPS) is 13.9. The summed E-state index contributed by atoms with van der Waals surface area (Å²) in [6.07, 6.45) is 2.34. The second-order valence-corrected chi connectivity index (χ2v) is 11.3. The molecule has 5 aromatic rings. The number of piperidine rings is 1. The third kappa shape index (κ3) is 5.88. The molecule has 0 aliphatic carbocycles. The smallest absolute Gasteiger partial charge is 0.153 e. The molecule has 192 valence electrons. The van der Waals surface area contributed by atoms with Crippen molar-refractivity contribution in [2.24, 2.45) is 0 Å². The molecule has 0 radical (unpaired) electrons. The predicted molar refractivity (Wildman–Crippen MR) is 159 cm³/mol. The minimum atomic E-state index is 0.270. The van der Waals surface area contributed by atoms with Gasteiger partial charge in [-0.05, 0) is 91.7 Å². The molecule has 1 N–H and O–H groups in total. The molecule has 6 heteroatoms. The minimum absolute atomic E-state index is 0.270. The largest absolute Gasteiger partial charge is 0.490 e. The summed E-state index contributed by atoms with van der Waals surface area (Å²) in [5, 5.41) is 4.44. The third-order valence-corrected chi connectivity index (χ3v) is 8.31. The van der Waals surface area contributed by atoms with Gasteiger partial charge in [0, 0.05) is 14.6 Å². The van der Waals surface area contributed by atoms with Crippen LogP contribution < -0.4 is 19.5 Å². The van der Waals surface area contributed by atoms with Crippen molar-refractivity contribution in [1.82, 2.24) is 5.32 Å². The lowest BCUT2D eigenvalue weighted by atomic mass is 10.1. The molecule has 0 atom stereocenters. The molecule has 1 aromatic heterocycles. The van der Waals surface area contributed by atoms with Crippen molar-refractivity contribution < 1.29 is 14.2 Å². The third-order valence-electron chi connectivity index (χ3n) is 6.60. The maximum Gasteiger partial charge on any atom is 0.153 e. The molecule has 0 spiro atoms. The van der Waals surface area contributed by atoms with Crippen LogP contribution in [0.15, 0.2) is 102 Å². The van der Waals surface area contributed by atoms with E-state index in [9.17, 15) is 0 Å². The highest BCUT2D eigenvalue weighted by Crippen LogP contribution is 2.47. The van der Waals surface area contributed by atoms with Gasteiger partial charge in [0.1, 0.15) is 30.0 Å². The average molecular weight is 587 g/mol. The molecule has 38 heavy (non-hydrogen) atoms. The Kier molecular flexibility index (Phi) is 7.63. The summed E-state index contributed by atoms with van der Waals surface area (Å²) < 4.78 is 21.0. The lowest BCUT2D eigenvalue weighted by Crippen LogP contribution is -2.34. The van der Waals surface area contributed by atoms with Crippen LogP contribution in [0.4, 0.5) is 0 Å². The van der Waals surface area contributed by atoms with E-state index in [-0.39, 0.29) is 6.10 Å². The van der Waals surface area contributed by atoms with Crippen LogP contribution in [-0.4, -0.2) is 19.2 Å². The van der Waals surface area contributed by atoms with E-state index in [0.717, 1.165) is 79.5 Å². The first kappa shape index (κ1) is 25.0. The second kappa shape index (κ2) is 11.6. The summed E-state index contributed by atoms with van der Waals surface area (Å²) in [7, 11) is 0. The quantitative estimate of drug-likeness (QED) is 0.197. The SMILES string of the molecule is Brc1ccc(-c2sc3cc(OCc4ccccc4)ccc3c2Oc2ccc(OC3CCNCC3)cc2)cc1. The first-order valence-corrected chi connectivity index (χ1v) is 14.5. The van der Waals surface area contributed by atoms with Crippen LogP contribution in [0.5, 0.6) is 23.0 Å². The monoisotopic (exact) mass is 585 g/mol. The fraction of sp³-hybridized carbons (Fsp3) is 0.188. The number of ether oxygens (including phenoxy) is 3. The van der Waals surface area contributed by atoms with Gasteiger partial charge in [0.15, 0.2) is 5.75 Å². The Hall–Kier alpha value is -3.32. The van der Waals surface area contributed by atoms with Crippen LogP contribution in [0.3, 0.4) is 0 Å². The number of benzene rings is 4. The van der Waals surface area contributed by atoms with Crippen LogP contribution in [0.2, 0.25) is 0 Å². The van der Waals surface area contributed by atoms with Gasteiger partial charge < -0.3 is 19.5 Å². The Balaban J connectivity index is 1.27. The Bertz CT molecular complexity index is 1490. The maximum atomic E-state index is 6.55. The van der Waals surface area contributed by atoms with Crippen molar-refractivity contribution in [3.8, 4) is 33.4 Å². The molecule has 6 rings (SSSR count). The molecule has 0 bridgehead atoms. The molecule has 2 heterocycles. The first-order valence-electron chi connectivity index (χ1n) is 12.9. The number of thiophene rings is 1. The van der Waals surface area contributed by atoms with E-state index >= 15 is 0 Å². The zero-order valence-corrected chi connectivity index (χ0v) is 23.3. The number of nitrogens with one attached hydrogen (secondary N) is 1. The Morgan fingerprint density at radius 2 is 1.50 bits per heavy atom. The van der Waals surface area contributed by atoms with Gasteiger partial charge in [-0.1, -0.05) is 58.4 Å². The van der Waals surface area contributed by atoms with Crippen LogP contribution in [0.25, 0.3) is 20.5 Å². The molecule has 4 nitrogen and oxygen atoms in total. The van der Waals surface area contributed by atoms with Crippen molar-refractivity contribution >= 4 is 37.4 Å². The van der Waals surface area contributed by atoms with E-state index in [1.807, 2.05) is 48.5 Å². The highest BCUT2D eigenvalue weighted by Gasteiger charge is 2.18. The predicted octanol–water partition coefficient (Wildman–Crippen LogP) is 8.83. The van der Waals surface area contributed by atoms with Crippen molar-refractivity contribution in [2.45, 2.75) is 25.6 Å². The summed E-state index contributed by atoms with van der Waals surface area (Å²) in [5.74, 6) is 3.36. The van der Waals surface area contributed by atoms with Crippen LogP contribution >= 0.6 is 27.3 Å². The van der Waals surface area contributed by atoms with Crippen LogP contribution in [0, 0.1) is 0 Å². The summed E-state index contributed by atoms with van der Waals surface area (Å²) in [5.41, 5.74) is 2.26. The topological polar surface area (TPSA) is 39.7 Å². The number of hydrogen-bond donors (Lipinski definition) is 1. The number of halogens is 1. The van der Waals surface area contributed by atoms with Crippen LogP contribution in [0.1, 0.15) is 18.4 Å². The number of fused-ring (bicyclic) bond motifs is 1. The fourth-order valence-corrected chi connectivity index (χ4v) is 6.01. The van der Waals surface area contributed by atoms with Crippen molar-refractivity contribution in [1.29, 1.82) is 0 Å². The van der Waals surface area contributed by atoms with E-state index in [2.05, 4.69) is 69.8 Å². The second-order valence-electron chi connectivity index (χ2n) is 9.34. The van der Waals surface area contributed by atoms with Crippen molar-refractivity contribution in [3.63, 3.8) is 0 Å². The highest BCUT2D eigenvalue weighted by atomic mass is 79.9. The maximum absolute atomic E-state index is 6.55. The van der Waals surface area contributed by atoms with Gasteiger partial charge in [0.25, 0.3) is 0 Å². The van der Waals surface area contributed by atoms with Crippen LogP contribution in [-0.2, 0) is 6.61 Å². The van der Waals surface area contributed by atoms with E-state index in [1.165, 1.54) is 0 Å². The molecule has 1 fully saturated rings. The Morgan fingerprint density at radius 1 is 0.789 bits per heavy atom. The molecule has 1 aliphatic rings. The molecule has 0 saturated carbocycles. The lowest BCUT2D eigenvalue weighted by Gasteiger charge is -2.23. The van der Waals surface area contributed by atoms with Crippen molar-refractivity contribution in [3.05, 3.63) is 107 Å². The van der Waals surface area contributed by atoms with E-state index in [1.54, 1.807) is 11.3 Å². The zero-order valence-electron chi connectivity index (χ0n) is 20.9. The number of hydrogen-bond acceptors (Lipinski definition) is 5. The first-order chi connectivity index (χ1) is 18.7. The number of rotatable bonds is 8. The van der Waals surface area contributed by atoms with Gasteiger partial charge in [0.05, 0.1) is 4.88 Å². The van der Waals surface area contributed by atoms with E-state index in [4.69, 9.17) is 14.2 Å². The van der Waals surface area contributed by atoms with Crippen molar-refractivity contribution in [2.75, 3.05) is 13.1 Å². The van der Waals surface area contributed by atoms with Gasteiger partial charge in [0.2, 0.25) is 0 Å². The average Bonchev–Trinajstić information content (AvgIpc) is 3.32. The summed E-state index contributed by atoms with van der Waals surface area (Å²) in [6.45, 7) is 2.55. The van der Waals surface area contributed by atoms with E-state index < -0.39 is 0 Å². The molecule has 1 aliphatic heterocycles. The lowest BCUT2D eigenvalue weighted by molar-refractivity contribution is 0.162. The van der Waals surface area contributed by atoms with Gasteiger partial charge in [-0.3, -0.25) is 0 Å². The standard InChI is InChI=1S/C32H28BrNO3S/c33-24-8-6-23(7-9-24)32-31(37-26-12-10-25(11-13-26)36-27-16-18-34-19-17-27)29-15-14-28(20-30(29)38-32)35-21-22-4-2-1-3-5-22/h1-15,20,27,34H,16-19,21H2. The molecular weight excluding hydrogens is 558 g/mol. The van der Waals surface area contributed by atoms with Gasteiger partial charge in [-0.15, -0.1) is 11.3 Å². The zero-order chi connectivity index (χ0) is 25.7. The van der Waals surface area contributed by atoms with E-state index in [0.29, 0.717) is 6.61 Å². The minimum Gasteiger partial charge on any atom is -0.490 e. The van der Waals surface area contributed by atoms with Gasteiger partial charge in [-0.2, -0.15) is 0 Å². The Labute approximate surface area is 235 Å². The van der Waals surface area contributed by atoms with Gasteiger partial charge >= 0.3 is 0 Å². The Morgan fingerprint density at radius 3 is 2.26 bits per heavy atom. The fourth-order valence-electron chi connectivity index (χ4n) is 4.59. The molecular formula is C32H28BrNO3S. The molecule has 0 amide bonds.